The van der Waals surface area contributed by atoms with E-state index in [1.807, 2.05) is 11.3 Å². The molecule has 4 heteroatoms. The minimum Gasteiger partial charge on any atom is -0.380 e. The fraction of sp³-hybridized carbons (Fsp3) is 0.412. The molecule has 2 rings (SSSR count). The first kappa shape index (κ1) is 16.2. The normalized spacial score (nSPS) is 12.8. The molecule has 0 spiro atoms. The van der Waals surface area contributed by atoms with E-state index in [0.29, 0.717) is 12.6 Å². The molecule has 0 radical (unpaired) electrons. The van der Waals surface area contributed by atoms with Crippen molar-refractivity contribution in [3.63, 3.8) is 0 Å². The first-order valence-electron chi connectivity index (χ1n) is 7.18. The fourth-order valence-corrected chi connectivity index (χ4v) is 3.29. The molecule has 3 nitrogen and oxygen atoms in total. The molecule has 1 N–H and O–H groups in total. The van der Waals surface area contributed by atoms with Crippen LogP contribution in [-0.4, -0.2) is 32.6 Å². The maximum absolute atomic E-state index is 5.18. The number of likely N-dealkylation sites (N-methyl/N-ethyl adjacent to an activating group) is 1. The zero-order valence-electron chi connectivity index (χ0n) is 13.0. The highest BCUT2D eigenvalue weighted by Gasteiger charge is 2.14. The highest BCUT2D eigenvalue weighted by Crippen LogP contribution is 2.22. The minimum absolute atomic E-state index is 0.423. The van der Waals surface area contributed by atoms with Gasteiger partial charge in [0.05, 0.1) is 12.6 Å². The third-order valence-electron chi connectivity index (χ3n) is 3.46. The van der Waals surface area contributed by atoms with Gasteiger partial charge in [-0.25, -0.2) is 0 Å². The van der Waals surface area contributed by atoms with Crippen LogP contribution in [0.1, 0.15) is 22.0 Å². The maximum atomic E-state index is 5.18. The molecule has 0 aliphatic heterocycles. The van der Waals surface area contributed by atoms with Gasteiger partial charge in [0.15, 0.2) is 0 Å². The fourth-order valence-electron chi connectivity index (χ4n) is 2.37. The molecular weight excluding hydrogens is 280 g/mol. The van der Waals surface area contributed by atoms with Crippen molar-refractivity contribution in [1.82, 2.24) is 10.2 Å². The van der Waals surface area contributed by atoms with Crippen LogP contribution in [-0.2, 0) is 17.9 Å². The number of hydrogen-bond donors (Lipinski definition) is 1. The molecule has 0 amide bonds. The lowest BCUT2D eigenvalue weighted by Gasteiger charge is -2.23. The molecule has 0 fully saturated rings. The minimum atomic E-state index is 0.423. The molecule has 1 aromatic heterocycles. The lowest BCUT2D eigenvalue weighted by Crippen LogP contribution is -2.30. The molecule has 114 valence electrons. The van der Waals surface area contributed by atoms with E-state index in [-0.39, 0.29) is 0 Å². The van der Waals surface area contributed by atoms with Crippen molar-refractivity contribution in [2.75, 3.05) is 27.7 Å². The van der Waals surface area contributed by atoms with Crippen molar-refractivity contribution in [3.05, 3.63) is 57.8 Å². The first-order chi connectivity index (χ1) is 10.2. The largest absolute Gasteiger partial charge is 0.380 e. The van der Waals surface area contributed by atoms with Gasteiger partial charge in [-0.2, -0.15) is 0 Å². The Balaban J connectivity index is 1.89. The second-order valence-electron chi connectivity index (χ2n) is 5.38. The predicted octanol–water partition coefficient (Wildman–Crippen LogP) is 3.29. The third-order valence-corrected chi connectivity index (χ3v) is 4.44. The quantitative estimate of drug-likeness (QED) is 0.810. The molecule has 0 saturated heterocycles. The summed E-state index contributed by atoms with van der Waals surface area (Å²) in [4.78, 5) is 3.67. The van der Waals surface area contributed by atoms with Gasteiger partial charge in [0.1, 0.15) is 0 Å². The second kappa shape index (κ2) is 8.29. The second-order valence-corrected chi connectivity index (χ2v) is 6.36. The summed E-state index contributed by atoms with van der Waals surface area (Å²) in [5.74, 6) is 0. The number of nitrogens with zero attached hydrogens (tertiary/aromatic N) is 1. The Morgan fingerprint density at radius 2 is 2.00 bits per heavy atom. The summed E-state index contributed by atoms with van der Waals surface area (Å²) in [5.41, 5.74) is 2.52. The Labute approximate surface area is 131 Å². The third kappa shape index (κ3) is 4.93. The molecule has 1 unspecified atom stereocenters. The molecule has 1 atom stereocenters. The molecule has 0 saturated carbocycles. The maximum Gasteiger partial charge on any atom is 0.0713 e. The van der Waals surface area contributed by atoms with Crippen molar-refractivity contribution in [3.8, 4) is 0 Å². The van der Waals surface area contributed by atoms with E-state index in [4.69, 9.17) is 4.74 Å². The van der Waals surface area contributed by atoms with Gasteiger partial charge >= 0.3 is 0 Å². The molecule has 0 aliphatic rings. The number of thiophene rings is 1. The van der Waals surface area contributed by atoms with Crippen LogP contribution in [0.5, 0.6) is 0 Å². The average Bonchev–Trinajstić information content (AvgIpc) is 2.98. The number of nitrogens with one attached hydrogen (secondary N) is 1. The van der Waals surface area contributed by atoms with Crippen LogP contribution in [0.4, 0.5) is 0 Å². The summed E-state index contributed by atoms with van der Waals surface area (Å²) in [6, 6.07) is 13.3. The van der Waals surface area contributed by atoms with Crippen molar-refractivity contribution in [2.45, 2.75) is 19.2 Å². The summed E-state index contributed by atoms with van der Waals surface area (Å²) in [6.45, 7) is 2.50. The van der Waals surface area contributed by atoms with E-state index in [9.17, 15) is 0 Å². The van der Waals surface area contributed by atoms with Crippen LogP contribution in [0.15, 0.2) is 41.8 Å². The van der Waals surface area contributed by atoms with Crippen molar-refractivity contribution in [2.24, 2.45) is 0 Å². The van der Waals surface area contributed by atoms with Gasteiger partial charge < -0.3 is 15.0 Å². The van der Waals surface area contributed by atoms with E-state index >= 15 is 0 Å². The van der Waals surface area contributed by atoms with Crippen LogP contribution >= 0.6 is 11.3 Å². The van der Waals surface area contributed by atoms with E-state index in [0.717, 1.165) is 13.1 Å². The smallest absolute Gasteiger partial charge is 0.0713 e. The van der Waals surface area contributed by atoms with Crippen molar-refractivity contribution < 1.29 is 4.74 Å². The Bertz CT molecular complexity index is 525. The lowest BCUT2D eigenvalue weighted by molar-refractivity contribution is 0.185. The summed E-state index contributed by atoms with van der Waals surface area (Å²) < 4.78 is 5.18. The predicted molar refractivity (Wildman–Crippen MR) is 89.6 cm³/mol. The number of ether oxygens (including phenoxy) is 1. The van der Waals surface area contributed by atoms with Crippen LogP contribution in [0.25, 0.3) is 0 Å². The van der Waals surface area contributed by atoms with E-state index in [2.05, 4.69) is 66.1 Å². The summed E-state index contributed by atoms with van der Waals surface area (Å²) >= 11 is 1.82. The SMILES string of the molecule is COCc1cccc(CNCC(c2cccs2)N(C)C)c1. The van der Waals surface area contributed by atoms with Gasteiger partial charge in [-0.1, -0.05) is 30.3 Å². The summed E-state index contributed by atoms with van der Waals surface area (Å²) in [5, 5.41) is 5.70. The van der Waals surface area contributed by atoms with Gasteiger partial charge in [-0.15, -0.1) is 11.3 Å². The van der Waals surface area contributed by atoms with Crippen LogP contribution < -0.4 is 5.32 Å². The van der Waals surface area contributed by atoms with E-state index < -0.39 is 0 Å². The van der Waals surface area contributed by atoms with Crippen LogP contribution in [0.2, 0.25) is 0 Å². The Morgan fingerprint density at radius 3 is 2.67 bits per heavy atom. The van der Waals surface area contributed by atoms with Crippen molar-refractivity contribution >= 4 is 11.3 Å². The Kier molecular flexibility index (Phi) is 6.39. The van der Waals surface area contributed by atoms with Crippen LogP contribution in [0, 0.1) is 0 Å². The highest BCUT2D eigenvalue weighted by molar-refractivity contribution is 7.10. The van der Waals surface area contributed by atoms with Crippen molar-refractivity contribution in [1.29, 1.82) is 0 Å². The molecule has 1 aromatic carbocycles. The van der Waals surface area contributed by atoms with E-state index in [1.54, 1.807) is 7.11 Å². The zero-order chi connectivity index (χ0) is 15.1. The highest BCUT2D eigenvalue weighted by atomic mass is 32.1. The topological polar surface area (TPSA) is 24.5 Å². The Hall–Kier alpha value is -1.20. The van der Waals surface area contributed by atoms with Gasteiger partial charge in [-0.05, 0) is 36.7 Å². The monoisotopic (exact) mass is 304 g/mol. The summed E-state index contributed by atoms with van der Waals surface area (Å²) in [6.07, 6.45) is 0. The molecule has 21 heavy (non-hydrogen) atoms. The van der Waals surface area contributed by atoms with Gasteiger partial charge in [0.25, 0.3) is 0 Å². The van der Waals surface area contributed by atoms with Gasteiger partial charge in [0, 0.05) is 25.1 Å². The van der Waals surface area contributed by atoms with Gasteiger partial charge in [-0.3, -0.25) is 0 Å². The average molecular weight is 304 g/mol. The molecular formula is C17H24N2OS. The Morgan fingerprint density at radius 1 is 1.19 bits per heavy atom. The number of rotatable bonds is 8. The molecule has 2 aromatic rings. The first-order valence-corrected chi connectivity index (χ1v) is 8.06. The number of benzene rings is 1. The van der Waals surface area contributed by atoms with Gasteiger partial charge in [0.2, 0.25) is 0 Å². The zero-order valence-corrected chi connectivity index (χ0v) is 13.8. The van der Waals surface area contributed by atoms with Crippen LogP contribution in [0.3, 0.4) is 0 Å². The lowest BCUT2D eigenvalue weighted by atomic mass is 10.1. The molecule has 0 aliphatic carbocycles. The van der Waals surface area contributed by atoms with E-state index in [1.165, 1.54) is 16.0 Å². The summed E-state index contributed by atoms with van der Waals surface area (Å²) in [7, 11) is 5.99. The number of hydrogen-bond acceptors (Lipinski definition) is 4. The standard InChI is InChI=1S/C17H24N2OS/c1-19(2)16(17-8-5-9-21-17)12-18-11-14-6-4-7-15(10-14)13-20-3/h4-10,16,18H,11-13H2,1-3H3. The molecule has 0 bridgehead atoms. The molecule has 1 heterocycles. The number of methoxy groups -OCH3 is 1.